The molecule has 2 aromatic heterocycles. The van der Waals surface area contributed by atoms with Crippen molar-refractivity contribution < 1.29 is 0 Å². The van der Waals surface area contributed by atoms with E-state index < -0.39 is 0 Å². The van der Waals surface area contributed by atoms with E-state index in [-0.39, 0.29) is 0 Å². The second-order valence-corrected chi connectivity index (χ2v) is 4.64. The van der Waals surface area contributed by atoms with E-state index in [2.05, 4.69) is 38.7 Å². The first-order valence-corrected chi connectivity index (χ1v) is 6.58. The summed E-state index contributed by atoms with van der Waals surface area (Å²) in [6.45, 7) is 2.72. The standard InChI is InChI=1S/C16H16N4/c1-12-14(11-19-20-12)10-18-16-15(8-5-9-17-16)13-6-3-2-4-7-13/h2-9,11H,10H2,1H3,(H,17,18)(H,19,20). The molecule has 1 aromatic carbocycles. The van der Waals surface area contributed by atoms with Crippen molar-refractivity contribution in [1.82, 2.24) is 15.2 Å². The number of pyridine rings is 1. The van der Waals surface area contributed by atoms with E-state index in [0.29, 0.717) is 6.54 Å². The van der Waals surface area contributed by atoms with Crippen LogP contribution in [0.2, 0.25) is 0 Å². The molecule has 0 spiro atoms. The lowest BCUT2D eigenvalue weighted by molar-refractivity contribution is 1.04. The Labute approximate surface area is 117 Å². The molecule has 0 unspecified atom stereocenters. The number of anilines is 1. The fraction of sp³-hybridized carbons (Fsp3) is 0.125. The Hall–Kier alpha value is -2.62. The van der Waals surface area contributed by atoms with Gasteiger partial charge in [-0.25, -0.2) is 4.98 Å². The number of aryl methyl sites for hydroxylation is 1. The van der Waals surface area contributed by atoms with Gasteiger partial charge >= 0.3 is 0 Å². The first kappa shape index (κ1) is 12.4. The largest absolute Gasteiger partial charge is 0.365 e. The second kappa shape index (κ2) is 5.57. The van der Waals surface area contributed by atoms with Gasteiger partial charge in [0.25, 0.3) is 0 Å². The lowest BCUT2D eigenvalue weighted by atomic mass is 10.1. The number of nitrogens with zero attached hydrogens (tertiary/aromatic N) is 2. The van der Waals surface area contributed by atoms with Gasteiger partial charge in [0, 0.05) is 29.6 Å². The molecule has 2 N–H and O–H groups in total. The van der Waals surface area contributed by atoms with Gasteiger partial charge in [-0.2, -0.15) is 5.10 Å². The van der Waals surface area contributed by atoms with Gasteiger partial charge in [0.1, 0.15) is 5.82 Å². The highest BCUT2D eigenvalue weighted by Gasteiger charge is 2.06. The first-order chi connectivity index (χ1) is 9.84. The number of hydrogen-bond acceptors (Lipinski definition) is 3. The van der Waals surface area contributed by atoms with Gasteiger partial charge in [-0.05, 0) is 24.6 Å². The predicted octanol–water partition coefficient (Wildman–Crippen LogP) is 3.39. The van der Waals surface area contributed by atoms with Gasteiger partial charge < -0.3 is 5.32 Å². The van der Waals surface area contributed by atoms with E-state index in [4.69, 9.17) is 0 Å². The summed E-state index contributed by atoms with van der Waals surface area (Å²) in [6, 6.07) is 14.3. The minimum absolute atomic E-state index is 0.708. The number of rotatable bonds is 4. The topological polar surface area (TPSA) is 53.6 Å². The third kappa shape index (κ3) is 2.54. The van der Waals surface area contributed by atoms with Crippen LogP contribution >= 0.6 is 0 Å². The molecule has 0 radical (unpaired) electrons. The third-order valence-electron chi connectivity index (χ3n) is 3.27. The number of aromatic amines is 1. The van der Waals surface area contributed by atoms with Crippen molar-refractivity contribution in [2.75, 3.05) is 5.32 Å². The van der Waals surface area contributed by atoms with Crippen LogP contribution in [-0.2, 0) is 6.54 Å². The highest BCUT2D eigenvalue weighted by molar-refractivity contribution is 5.74. The zero-order chi connectivity index (χ0) is 13.8. The molecule has 4 nitrogen and oxygen atoms in total. The Kier molecular flexibility index (Phi) is 3.46. The maximum atomic E-state index is 4.44. The quantitative estimate of drug-likeness (QED) is 0.759. The van der Waals surface area contributed by atoms with Crippen LogP contribution in [-0.4, -0.2) is 15.2 Å². The van der Waals surface area contributed by atoms with E-state index in [9.17, 15) is 0 Å². The molecule has 0 aliphatic carbocycles. The number of hydrogen-bond donors (Lipinski definition) is 2. The summed E-state index contributed by atoms with van der Waals surface area (Å²) in [5.41, 5.74) is 4.49. The summed E-state index contributed by atoms with van der Waals surface area (Å²) in [5.74, 6) is 0.888. The lowest BCUT2D eigenvalue weighted by Crippen LogP contribution is -2.03. The number of nitrogens with one attached hydrogen (secondary N) is 2. The summed E-state index contributed by atoms with van der Waals surface area (Å²) in [6.07, 6.45) is 3.64. The van der Waals surface area contributed by atoms with Crippen molar-refractivity contribution in [2.45, 2.75) is 13.5 Å². The monoisotopic (exact) mass is 264 g/mol. The maximum absolute atomic E-state index is 4.44. The Morgan fingerprint density at radius 3 is 2.70 bits per heavy atom. The smallest absolute Gasteiger partial charge is 0.134 e. The molecular formula is C16H16N4. The molecule has 2 heterocycles. The van der Waals surface area contributed by atoms with E-state index in [1.54, 1.807) is 6.20 Å². The average Bonchev–Trinajstić information content (AvgIpc) is 2.92. The van der Waals surface area contributed by atoms with Gasteiger partial charge in [0.15, 0.2) is 0 Å². The molecule has 0 aliphatic heterocycles. The van der Waals surface area contributed by atoms with E-state index in [1.807, 2.05) is 37.4 Å². The molecule has 0 saturated heterocycles. The van der Waals surface area contributed by atoms with Crippen molar-refractivity contribution in [2.24, 2.45) is 0 Å². The zero-order valence-corrected chi connectivity index (χ0v) is 11.3. The van der Waals surface area contributed by atoms with Gasteiger partial charge in [0.2, 0.25) is 0 Å². The highest BCUT2D eigenvalue weighted by Crippen LogP contribution is 2.25. The second-order valence-electron chi connectivity index (χ2n) is 4.64. The molecule has 3 aromatic rings. The van der Waals surface area contributed by atoms with E-state index in [1.165, 1.54) is 0 Å². The van der Waals surface area contributed by atoms with Crippen LogP contribution in [0.3, 0.4) is 0 Å². The fourth-order valence-corrected chi connectivity index (χ4v) is 2.13. The van der Waals surface area contributed by atoms with Crippen LogP contribution in [0, 0.1) is 6.92 Å². The van der Waals surface area contributed by atoms with Crippen molar-refractivity contribution in [1.29, 1.82) is 0 Å². The van der Waals surface area contributed by atoms with Crippen LogP contribution in [0.4, 0.5) is 5.82 Å². The van der Waals surface area contributed by atoms with Gasteiger partial charge in [0.05, 0.1) is 6.20 Å². The molecule has 3 rings (SSSR count). The Morgan fingerprint density at radius 1 is 1.10 bits per heavy atom. The molecule has 0 atom stereocenters. The summed E-state index contributed by atoms with van der Waals surface area (Å²) in [7, 11) is 0. The molecule has 4 heteroatoms. The number of aromatic nitrogens is 3. The zero-order valence-electron chi connectivity index (χ0n) is 11.3. The summed E-state index contributed by atoms with van der Waals surface area (Å²) in [5, 5.41) is 10.4. The average molecular weight is 264 g/mol. The van der Waals surface area contributed by atoms with Crippen LogP contribution in [0.15, 0.2) is 54.9 Å². The Bertz CT molecular complexity index is 688. The van der Waals surface area contributed by atoms with Crippen molar-refractivity contribution >= 4 is 5.82 Å². The minimum Gasteiger partial charge on any atom is -0.365 e. The molecule has 0 aliphatic rings. The minimum atomic E-state index is 0.708. The normalized spacial score (nSPS) is 10.4. The molecule has 20 heavy (non-hydrogen) atoms. The summed E-state index contributed by atoms with van der Waals surface area (Å²) < 4.78 is 0. The van der Waals surface area contributed by atoms with Crippen molar-refractivity contribution in [3.63, 3.8) is 0 Å². The van der Waals surface area contributed by atoms with Crippen LogP contribution in [0.1, 0.15) is 11.3 Å². The number of benzene rings is 1. The summed E-state index contributed by atoms with van der Waals surface area (Å²) in [4.78, 5) is 4.44. The molecule has 0 amide bonds. The van der Waals surface area contributed by atoms with E-state index in [0.717, 1.165) is 28.2 Å². The van der Waals surface area contributed by atoms with Crippen molar-refractivity contribution in [3.8, 4) is 11.1 Å². The third-order valence-corrected chi connectivity index (χ3v) is 3.27. The molecule has 0 bridgehead atoms. The molecular weight excluding hydrogens is 248 g/mol. The lowest BCUT2D eigenvalue weighted by Gasteiger charge is -2.10. The van der Waals surface area contributed by atoms with Gasteiger partial charge in [-0.15, -0.1) is 0 Å². The fourth-order valence-electron chi connectivity index (χ4n) is 2.13. The SMILES string of the molecule is Cc1[nH]ncc1CNc1ncccc1-c1ccccc1. The predicted molar refractivity (Wildman–Crippen MR) is 80.3 cm³/mol. The van der Waals surface area contributed by atoms with Gasteiger partial charge in [-0.1, -0.05) is 30.3 Å². The van der Waals surface area contributed by atoms with E-state index >= 15 is 0 Å². The Morgan fingerprint density at radius 2 is 1.95 bits per heavy atom. The Balaban J connectivity index is 1.85. The molecule has 0 saturated carbocycles. The van der Waals surface area contributed by atoms with Crippen LogP contribution in [0.25, 0.3) is 11.1 Å². The van der Waals surface area contributed by atoms with Crippen LogP contribution in [0.5, 0.6) is 0 Å². The first-order valence-electron chi connectivity index (χ1n) is 6.58. The maximum Gasteiger partial charge on any atom is 0.134 e. The molecule has 0 fully saturated rings. The molecule has 100 valence electrons. The number of H-pyrrole nitrogens is 1. The highest BCUT2D eigenvalue weighted by atomic mass is 15.1. The van der Waals surface area contributed by atoms with Gasteiger partial charge in [-0.3, -0.25) is 5.10 Å². The van der Waals surface area contributed by atoms with Crippen molar-refractivity contribution in [3.05, 3.63) is 66.1 Å². The van der Waals surface area contributed by atoms with Crippen LogP contribution < -0.4 is 5.32 Å². The summed E-state index contributed by atoms with van der Waals surface area (Å²) >= 11 is 0.